The van der Waals surface area contributed by atoms with Crippen LogP contribution < -0.4 is 5.32 Å². The van der Waals surface area contributed by atoms with Crippen LogP contribution in [0.2, 0.25) is 0 Å². The number of alkyl carbamates (subject to hydrolysis) is 1. The van der Waals surface area contributed by atoms with Crippen molar-refractivity contribution < 1.29 is 33.6 Å². The van der Waals surface area contributed by atoms with Gasteiger partial charge in [0.1, 0.15) is 23.9 Å². The van der Waals surface area contributed by atoms with Crippen molar-refractivity contribution in [1.29, 1.82) is 0 Å². The summed E-state index contributed by atoms with van der Waals surface area (Å²) in [5, 5.41) is 11.8. The Kier molecular flexibility index (Phi) is 8.61. The second kappa shape index (κ2) is 10.7. The fourth-order valence-corrected chi connectivity index (χ4v) is 3.04. The van der Waals surface area contributed by atoms with E-state index in [1.807, 2.05) is 44.2 Å². The predicted octanol–water partition coefficient (Wildman–Crippen LogP) is 3.65. The van der Waals surface area contributed by atoms with Crippen molar-refractivity contribution in [3.8, 4) is 0 Å². The number of carbonyl (C=O) groups is 2. The minimum absolute atomic E-state index is 0.0759. The number of aliphatic carboxylic acids is 1. The van der Waals surface area contributed by atoms with E-state index in [1.165, 1.54) is 0 Å². The van der Waals surface area contributed by atoms with Crippen LogP contribution in [0.5, 0.6) is 0 Å². The van der Waals surface area contributed by atoms with Gasteiger partial charge < -0.3 is 29.4 Å². The zero-order chi connectivity index (χ0) is 23.1. The molecule has 8 nitrogen and oxygen atoms in total. The summed E-state index contributed by atoms with van der Waals surface area (Å²) in [6.45, 7) is 9.54. The highest BCUT2D eigenvalue weighted by atomic mass is 16.8. The third kappa shape index (κ3) is 9.08. The second-order valence-corrected chi connectivity index (χ2v) is 8.84. The smallest absolute Gasteiger partial charge is 0.408 e. The molecule has 0 bridgehead atoms. The van der Waals surface area contributed by atoms with E-state index in [1.54, 1.807) is 32.9 Å². The standard InChI is InChI=1S/C23H33NO7/c1-22(2,3)31-21(27)24-17(20(25)26)12-9-13-18-19(30-23(4,5)29-18)15-28-14-16-10-7-6-8-11-16/h6-11,13,17-19H,12,14-15H2,1-5H3,(H,24,27)(H,25,26)/b13-9+/t17-,18+,19+/m1/s1. The monoisotopic (exact) mass is 435 g/mol. The molecule has 0 aliphatic carbocycles. The van der Waals surface area contributed by atoms with Crippen molar-refractivity contribution in [2.45, 2.75) is 77.3 Å². The topological polar surface area (TPSA) is 103 Å². The van der Waals surface area contributed by atoms with Gasteiger partial charge in [-0.1, -0.05) is 42.5 Å². The van der Waals surface area contributed by atoms with Crippen molar-refractivity contribution in [3.05, 3.63) is 48.0 Å². The molecule has 1 aromatic rings. The van der Waals surface area contributed by atoms with Gasteiger partial charge in [0.2, 0.25) is 0 Å². The summed E-state index contributed by atoms with van der Waals surface area (Å²) in [4.78, 5) is 23.4. The van der Waals surface area contributed by atoms with Crippen LogP contribution in [0.4, 0.5) is 4.79 Å². The van der Waals surface area contributed by atoms with Crippen LogP contribution in [-0.2, 0) is 30.3 Å². The summed E-state index contributed by atoms with van der Waals surface area (Å²) >= 11 is 0. The van der Waals surface area contributed by atoms with Crippen molar-refractivity contribution in [2.24, 2.45) is 0 Å². The quantitative estimate of drug-likeness (QED) is 0.571. The highest BCUT2D eigenvalue weighted by Crippen LogP contribution is 2.29. The lowest BCUT2D eigenvalue weighted by atomic mass is 10.1. The molecule has 3 atom stereocenters. The van der Waals surface area contributed by atoms with Crippen molar-refractivity contribution in [1.82, 2.24) is 5.32 Å². The van der Waals surface area contributed by atoms with Gasteiger partial charge in [-0.3, -0.25) is 0 Å². The highest BCUT2D eigenvalue weighted by Gasteiger charge is 2.40. The number of ether oxygens (including phenoxy) is 4. The van der Waals surface area contributed by atoms with Crippen LogP contribution in [0.25, 0.3) is 0 Å². The number of benzene rings is 1. The summed E-state index contributed by atoms with van der Waals surface area (Å²) in [7, 11) is 0. The number of carboxylic acids is 1. The Hall–Kier alpha value is -2.42. The van der Waals surface area contributed by atoms with Gasteiger partial charge in [0.15, 0.2) is 5.79 Å². The fraction of sp³-hybridized carbons (Fsp3) is 0.565. The molecule has 0 saturated carbocycles. The molecule has 2 N–H and O–H groups in total. The van der Waals surface area contributed by atoms with Gasteiger partial charge in [0, 0.05) is 0 Å². The number of rotatable bonds is 9. The fourth-order valence-electron chi connectivity index (χ4n) is 3.04. The van der Waals surface area contributed by atoms with Crippen LogP contribution in [0.3, 0.4) is 0 Å². The van der Waals surface area contributed by atoms with E-state index in [0.29, 0.717) is 13.2 Å². The molecular formula is C23H33NO7. The predicted molar refractivity (Wildman–Crippen MR) is 114 cm³/mol. The van der Waals surface area contributed by atoms with E-state index in [4.69, 9.17) is 18.9 Å². The van der Waals surface area contributed by atoms with Crippen LogP contribution in [-0.4, -0.2) is 53.4 Å². The Labute approximate surface area is 183 Å². The lowest BCUT2D eigenvalue weighted by Gasteiger charge is -2.21. The molecule has 2 rings (SSSR count). The van der Waals surface area contributed by atoms with Crippen LogP contribution in [0.1, 0.15) is 46.6 Å². The summed E-state index contributed by atoms with van der Waals surface area (Å²) in [5.74, 6) is -1.93. The first kappa shape index (κ1) is 24.8. The lowest BCUT2D eigenvalue weighted by Crippen LogP contribution is -2.43. The summed E-state index contributed by atoms with van der Waals surface area (Å²) in [5.41, 5.74) is 0.349. The zero-order valence-electron chi connectivity index (χ0n) is 18.8. The van der Waals surface area contributed by atoms with E-state index in [2.05, 4.69) is 5.32 Å². The molecule has 1 heterocycles. The Morgan fingerprint density at radius 1 is 1.23 bits per heavy atom. The Bertz CT molecular complexity index is 755. The third-order valence-electron chi connectivity index (χ3n) is 4.30. The Morgan fingerprint density at radius 3 is 2.52 bits per heavy atom. The SMILES string of the molecule is CC(C)(C)OC(=O)N[C@H](C/C=C/[C@@H]1OC(C)(C)O[C@H]1COCc1ccccc1)C(=O)O. The molecule has 1 fully saturated rings. The maximum atomic E-state index is 11.9. The van der Waals surface area contributed by atoms with Crippen molar-refractivity contribution >= 4 is 12.1 Å². The van der Waals surface area contributed by atoms with Crippen LogP contribution >= 0.6 is 0 Å². The Morgan fingerprint density at radius 2 is 1.90 bits per heavy atom. The van der Waals surface area contributed by atoms with Gasteiger partial charge in [0.25, 0.3) is 0 Å². The van der Waals surface area contributed by atoms with E-state index >= 15 is 0 Å². The van der Waals surface area contributed by atoms with Gasteiger partial charge in [-0.25, -0.2) is 9.59 Å². The minimum Gasteiger partial charge on any atom is -0.480 e. The summed E-state index contributed by atoms with van der Waals surface area (Å²) in [6.07, 6.45) is 1.97. The molecule has 1 saturated heterocycles. The number of hydrogen-bond acceptors (Lipinski definition) is 6. The molecule has 8 heteroatoms. The van der Waals surface area contributed by atoms with Crippen molar-refractivity contribution in [2.75, 3.05) is 6.61 Å². The number of carbonyl (C=O) groups excluding carboxylic acids is 1. The van der Waals surface area contributed by atoms with E-state index < -0.39 is 35.6 Å². The van der Waals surface area contributed by atoms with Gasteiger partial charge in [-0.2, -0.15) is 0 Å². The molecule has 1 aliphatic heterocycles. The number of carboxylic acid groups (broad SMARTS) is 1. The first-order valence-electron chi connectivity index (χ1n) is 10.3. The molecule has 1 aromatic carbocycles. The zero-order valence-corrected chi connectivity index (χ0v) is 18.8. The maximum Gasteiger partial charge on any atom is 0.408 e. The number of nitrogens with one attached hydrogen (secondary N) is 1. The van der Waals surface area contributed by atoms with E-state index in [9.17, 15) is 14.7 Å². The maximum absolute atomic E-state index is 11.9. The third-order valence-corrected chi connectivity index (χ3v) is 4.30. The molecule has 0 aromatic heterocycles. The number of amides is 1. The largest absolute Gasteiger partial charge is 0.480 e. The molecule has 0 radical (unpaired) electrons. The summed E-state index contributed by atoms with van der Waals surface area (Å²) in [6, 6.07) is 8.70. The average Bonchev–Trinajstić information content (AvgIpc) is 2.93. The Balaban J connectivity index is 1.90. The molecule has 1 aliphatic rings. The second-order valence-electron chi connectivity index (χ2n) is 8.84. The molecule has 0 spiro atoms. The lowest BCUT2D eigenvalue weighted by molar-refractivity contribution is -0.148. The van der Waals surface area contributed by atoms with Gasteiger partial charge in [-0.05, 0) is 46.6 Å². The molecule has 172 valence electrons. The van der Waals surface area contributed by atoms with Gasteiger partial charge in [-0.15, -0.1) is 0 Å². The van der Waals surface area contributed by atoms with E-state index in [0.717, 1.165) is 5.56 Å². The summed E-state index contributed by atoms with van der Waals surface area (Å²) < 4.78 is 22.7. The van der Waals surface area contributed by atoms with Gasteiger partial charge in [0.05, 0.1) is 13.2 Å². The normalized spacial score (nSPS) is 21.7. The van der Waals surface area contributed by atoms with Crippen molar-refractivity contribution in [3.63, 3.8) is 0 Å². The first-order valence-corrected chi connectivity index (χ1v) is 10.3. The molecule has 1 amide bonds. The van der Waals surface area contributed by atoms with Crippen LogP contribution in [0, 0.1) is 0 Å². The first-order chi connectivity index (χ1) is 14.5. The minimum atomic E-state index is -1.15. The molecule has 31 heavy (non-hydrogen) atoms. The molecule has 0 unspecified atom stereocenters. The van der Waals surface area contributed by atoms with Gasteiger partial charge >= 0.3 is 12.1 Å². The average molecular weight is 436 g/mol. The van der Waals surface area contributed by atoms with E-state index in [-0.39, 0.29) is 12.5 Å². The van der Waals surface area contributed by atoms with Crippen LogP contribution in [0.15, 0.2) is 42.5 Å². The molecular weight excluding hydrogens is 402 g/mol. The highest BCUT2D eigenvalue weighted by molar-refractivity contribution is 5.80. The number of hydrogen-bond donors (Lipinski definition) is 2.